The van der Waals surface area contributed by atoms with Crippen molar-refractivity contribution in [2.24, 2.45) is 0 Å². The van der Waals surface area contributed by atoms with Gasteiger partial charge in [0.1, 0.15) is 24.2 Å². The van der Waals surface area contributed by atoms with E-state index in [0.717, 1.165) is 49.7 Å². The Morgan fingerprint density at radius 2 is 1.79 bits per heavy atom. The van der Waals surface area contributed by atoms with Crippen molar-refractivity contribution >= 4 is 17.2 Å². The molecule has 222 valence electrons. The number of benzene rings is 1. The fraction of sp³-hybridized carbons (Fsp3) is 0.375. The number of carbonyl (C=O) groups is 1. The fourth-order valence-electron chi connectivity index (χ4n) is 5.68. The van der Waals surface area contributed by atoms with Crippen LogP contribution in [0.1, 0.15) is 17.2 Å². The minimum atomic E-state index is -1.16. The fourth-order valence-corrected chi connectivity index (χ4v) is 5.68. The number of nitrogens with zero attached hydrogens (tertiary/aromatic N) is 8. The maximum absolute atomic E-state index is 12.9. The standard InChI is InChI=1S/C32H36N8O3/c1-36-9-11-37(12-10-36)17-18-43-27-19-28(30-26(20-33)22-35-40(30)23-27)25-7-8-29(34-21-25)38-13-15-39(16-14-38)32(42)31(41)24-5-3-2-4-6-24/h2-8,19,21-23,31,41H,9-18H2,1H3/t31-/m1/s1. The molecule has 0 unspecified atom stereocenters. The summed E-state index contributed by atoms with van der Waals surface area (Å²) in [6, 6.07) is 17.2. The number of anilines is 1. The third kappa shape index (κ3) is 6.32. The number of aliphatic hydroxyl groups excluding tert-OH is 1. The summed E-state index contributed by atoms with van der Waals surface area (Å²) in [5.41, 5.74) is 3.49. The normalized spacial score (nSPS) is 17.1. The van der Waals surface area contributed by atoms with Crippen LogP contribution in [0.5, 0.6) is 5.75 Å². The number of rotatable bonds is 8. The van der Waals surface area contributed by atoms with Crippen LogP contribution in [0.4, 0.5) is 5.82 Å². The van der Waals surface area contributed by atoms with Gasteiger partial charge in [0.2, 0.25) is 0 Å². The predicted molar refractivity (Wildman–Crippen MR) is 163 cm³/mol. The molecule has 1 aromatic carbocycles. The minimum absolute atomic E-state index is 0.280. The van der Waals surface area contributed by atoms with Gasteiger partial charge in [0.25, 0.3) is 5.91 Å². The van der Waals surface area contributed by atoms with E-state index in [4.69, 9.17) is 9.72 Å². The summed E-state index contributed by atoms with van der Waals surface area (Å²) in [4.78, 5) is 26.2. The molecule has 5 heterocycles. The maximum Gasteiger partial charge on any atom is 0.256 e. The Bertz CT molecular complexity index is 1580. The number of ether oxygens (including phenoxy) is 1. The molecule has 1 N–H and O–H groups in total. The smallest absolute Gasteiger partial charge is 0.256 e. The van der Waals surface area contributed by atoms with Crippen LogP contribution in [0, 0.1) is 11.3 Å². The third-order valence-electron chi connectivity index (χ3n) is 8.30. The first-order valence-corrected chi connectivity index (χ1v) is 14.7. The summed E-state index contributed by atoms with van der Waals surface area (Å²) < 4.78 is 7.87. The highest BCUT2D eigenvalue weighted by atomic mass is 16.5. The summed E-state index contributed by atoms with van der Waals surface area (Å²) in [6.45, 7) is 7.84. The lowest BCUT2D eigenvalue weighted by atomic mass is 10.1. The first-order chi connectivity index (χ1) is 21.0. The second-order valence-corrected chi connectivity index (χ2v) is 11.1. The highest BCUT2D eigenvalue weighted by Crippen LogP contribution is 2.31. The van der Waals surface area contributed by atoms with E-state index in [2.05, 4.69) is 32.9 Å². The summed E-state index contributed by atoms with van der Waals surface area (Å²) >= 11 is 0. The summed E-state index contributed by atoms with van der Waals surface area (Å²) in [5.74, 6) is 1.22. The molecule has 0 saturated carbocycles. The van der Waals surface area contributed by atoms with Gasteiger partial charge in [0, 0.05) is 76.2 Å². The van der Waals surface area contributed by atoms with Crippen molar-refractivity contribution in [2.45, 2.75) is 6.10 Å². The first kappa shape index (κ1) is 28.6. The summed E-state index contributed by atoms with van der Waals surface area (Å²) in [5, 5.41) is 24.7. The van der Waals surface area contributed by atoms with Crippen LogP contribution < -0.4 is 9.64 Å². The van der Waals surface area contributed by atoms with Crippen molar-refractivity contribution in [3.05, 3.63) is 78.2 Å². The SMILES string of the molecule is CN1CCN(CCOc2cc(-c3ccc(N4CCN(C(=O)[C@H](O)c5ccccc5)CC4)nc3)c3c(C#N)cnn3c2)CC1. The third-order valence-corrected chi connectivity index (χ3v) is 8.30. The predicted octanol–water partition coefficient (Wildman–Crippen LogP) is 2.28. The van der Waals surface area contributed by atoms with Gasteiger partial charge in [0.05, 0.1) is 23.5 Å². The van der Waals surface area contributed by atoms with Gasteiger partial charge in [0.15, 0.2) is 6.10 Å². The minimum Gasteiger partial charge on any atom is -0.491 e. The Labute approximate surface area is 251 Å². The van der Waals surface area contributed by atoms with Gasteiger partial charge in [-0.05, 0) is 30.8 Å². The quantitative estimate of drug-likeness (QED) is 0.335. The van der Waals surface area contributed by atoms with Crippen LogP contribution in [0.25, 0.3) is 16.6 Å². The largest absolute Gasteiger partial charge is 0.491 e. The van der Waals surface area contributed by atoms with Gasteiger partial charge in [-0.1, -0.05) is 30.3 Å². The van der Waals surface area contributed by atoms with Gasteiger partial charge in [-0.2, -0.15) is 10.4 Å². The van der Waals surface area contributed by atoms with E-state index in [9.17, 15) is 15.2 Å². The lowest BCUT2D eigenvalue weighted by molar-refractivity contribution is -0.140. The highest BCUT2D eigenvalue weighted by Gasteiger charge is 2.27. The number of piperazine rings is 2. The molecule has 2 aliphatic heterocycles. The van der Waals surface area contributed by atoms with Gasteiger partial charge >= 0.3 is 0 Å². The maximum atomic E-state index is 12.9. The molecular formula is C32H36N8O3. The lowest BCUT2D eigenvalue weighted by Gasteiger charge is -2.36. The van der Waals surface area contributed by atoms with E-state index >= 15 is 0 Å². The van der Waals surface area contributed by atoms with Crippen molar-refractivity contribution in [1.29, 1.82) is 5.26 Å². The molecule has 2 aliphatic rings. The van der Waals surface area contributed by atoms with E-state index in [1.54, 1.807) is 27.7 Å². The number of aliphatic hydroxyl groups is 1. The Morgan fingerprint density at radius 1 is 1.02 bits per heavy atom. The highest BCUT2D eigenvalue weighted by molar-refractivity contribution is 5.85. The van der Waals surface area contributed by atoms with Crippen molar-refractivity contribution in [3.63, 3.8) is 0 Å². The van der Waals surface area contributed by atoms with E-state index in [-0.39, 0.29) is 5.91 Å². The summed E-state index contributed by atoms with van der Waals surface area (Å²) in [7, 11) is 2.15. The van der Waals surface area contributed by atoms with Crippen molar-refractivity contribution in [2.75, 3.05) is 77.5 Å². The second-order valence-electron chi connectivity index (χ2n) is 11.1. The molecule has 43 heavy (non-hydrogen) atoms. The number of pyridine rings is 2. The number of nitriles is 1. The molecule has 11 nitrogen and oxygen atoms in total. The van der Waals surface area contributed by atoms with Crippen molar-refractivity contribution in [3.8, 4) is 22.9 Å². The van der Waals surface area contributed by atoms with E-state index in [1.807, 2.05) is 48.8 Å². The zero-order valence-electron chi connectivity index (χ0n) is 24.3. The molecule has 1 amide bonds. The zero-order valence-corrected chi connectivity index (χ0v) is 24.3. The van der Waals surface area contributed by atoms with Crippen LogP contribution in [0.15, 0.2) is 67.1 Å². The molecule has 0 radical (unpaired) electrons. The molecule has 0 aliphatic carbocycles. The van der Waals surface area contributed by atoms with E-state index < -0.39 is 6.10 Å². The Morgan fingerprint density at radius 3 is 2.49 bits per heavy atom. The Hall–Kier alpha value is -4.50. The number of likely N-dealkylation sites (N-methyl/N-ethyl adjacent to an activating group) is 1. The number of hydrogen-bond acceptors (Lipinski definition) is 9. The molecule has 6 rings (SSSR count). The van der Waals surface area contributed by atoms with Crippen LogP contribution in [-0.2, 0) is 4.79 Å². The van der Waals surface area contributed by atoms with Crippen LogP contribution in [0.3, 0.4) is 0 Å². The zero-order chi connectivity index (χ0) is 29.8. The Balaban J connectivity index is 1.13. The van der Waals surface area contributed by atoms with Gasteiger partial charge < -0.3 is 24.5 Å². The number of amides is 1. The van der Waals surface area contributed by atoms with Crippen LogP contribution in [-0.4, -0.2) is 113 Å². The molecule has 2 fully saturated rings. The van der Waals surface area contributed by atoms with Crippen molar-refractivity contribution < 1.29 is 14.6 Å². The van der Waals surface area contributed by atoms with Crippen LogP contribution in [0.2, 0.25) is 0 Å². The number of hydrogen-bond donors (Lipinski definition) is 1. The topological polar surface area (TPSA) is 113 Å². The average Bonchev–Trinajstić information content (AvgIpc) is 3.48. The van der Waals surface area contributed by atoms with Gasteiger partial charge in [-0.25, -0.2) is 9.50 Å². The first-order valence-electron chi connectivity index (χ1n) is 14.7. The van der Waals surface area contributed by atoms with Crippen LogP contribution >= 0.6 is 0 Å². The van der Waals surface area contributed by atoms with Crippen molar-refractivity contribution in [1.82, 2.24) is 29.3 Å². The number of aromatic nitrogens is 3. The second kappa shape index (κ2) is 12.8. The van der Waals surface area contributed by atoms with Gasteiger partial charge in [-0.15, -0.1) is 0 Å². The average molecular weight is 581 g/mol. The molecule has 0 bridgehead atoms. The molecule has 4 aromatic rings. The molecule has 0 spiro atoms. The molecule has 2 saturated heterocycles. The molecule has 1 atom stereocenters. The van der Waals surface area contributed by atoms with E-state index in [0.29, 0.717) is 55.2 Å². The Kier molecular flexibility index (Phi) is 8.51. The van der Waals surface area contributed by atoms with E-state index in [1.165, 1.54) is 0 Å². The molecule has 3 aromatic heterocycles. The monoisotopic (exact) mass is 580 g/mol. The molecular weight excluding hydrogens is 544 g/mol. The molecule has 11 heteroatoms. The number of carbonyl (C=O) groups excluding carboxylic acids is 1. The number of fused-ring (bicyclic) bond motifs is 1. The lowest BCUT2D eigenvalue weighted by Crippen LogP contribution is -2.50. The summed E-state index contributed by atoms with van der Waals surface area (Å²) in [6.07, 6.45) is 4.05. The van der Waals surface area contributed by atoms with Gasteiger partial charge in [-0.3, -0.25) is 9.69 Å².